The zero-order chi connectivity index (χ0) is 13.3. The number of hydroxylamine groups is 1. The van der Waals surface area contributed by atoms with E-state index in [9.17, 15) is 4.79 Å². The molecule has 19 heavy (non-hydrogen) atoms. The number of tetrazole rings is 1. The molecule has 100 valence electrons. The molecule has 1 N–H and O–H groups in total. The SMILES string of the molecule is O=C(CCCn1ncnn1)NOCc1ccccc1. The first kappa shape index (κ1) is 13.2. The van der Waals surface area contributed by atoms with E-state index >= 15 is 0 Å². The molecule has 0 spiro atoms. The average Bonchev–Trinajstić information content (AvgIpc) is 2.93. The third-order valence-corrected chi connectivity index (χ3v) is 2.42. The molecule has 0 aliphatic rings. The Morgan fingerprint density at radius 2 is 2.16 bits per heavy atom. The van der Waals surface area contributed by atoms with Crippen molar-refractivity contribution in [2.24, 2.45) is 0 Å². The van der Waals surface area contributed by atoms with Gasteiger partial charge in [-0.15, -0.1) is 10.2 Å². The van der Waals surface area contributed by atoms with E-state index in [1.165, 1.54) is 11.1 Å². The van der Waals surface area contributed by atoms with E-state index in [2.05, 4.69) is 20.9 Å². The summed E-state index contributed by atoms with van der Waals surface area (Å²) in [7, 11) is 0. The van der Waals surface area contributed by atoms with Gasteiger partial charge in [-0.25, -0.2) is 5.48 Å². The summed E-state index contributed by atoms with van der Waals surface area (Å²) in [6.07, 6.45) is 2.36. The lowest BCUT2D eigenvalue weighted by Crippen LogP contribution is -2.23. The first-order valence-electron chi connectivity index (χ1n) is 6.00. The van der Waals surface area contributed by atoms with E-state index in [1.807, 2.05) is 30.3 Å². The fourth-order valence-corrected chi connectivity index (χ4v) is 1.50. The first-order chi connectivity index (χ1) is 9.34. The van der Waals surface area contributed by atoms with Gasteiger partial charge in [-0.1, -0.05) is 30.3 Å². The lowest BCUT2D eigenvalue weighted by molar-refractivity contribution is -0.134. The number of hydrogen-bond acceptors (Lipinski definition) is 5. The van der Waals surface area contributed by atoms with E-state index in [0.29, 0.717) is 26.0 Å². The van der Waals surface area contributed by atoms with E-state index in [0.717, 1.165) is 5.56 Å². The van der Waals surface area contributed by atoms with Gasteiger partial charge >= 0.3 is 0 Å². The van der Waals surface area contributed by atoms with Crippen molar-refractivity contribution >= 4 is 5.91 Å². The molecule has 0 aliphatic carbocycles. The standard InChI is InChI=1S/C12H15N5O2/c18-12(7-4-8-17-14-10-13-16-17)15-19-9-11-5-2-1-3-6-11/h1-3,5-6,10H,4,7-9H2,(H,15,18). The highest BCUT2D eigenvalue weighted by atomic mass is 16.6. The van der Waals surface area contributed by atoms with Gasteiger partial charge in [0, 0.05) is 6.42 Å². The zero-order valence-electron chi connectivity index (χ0n) is 10.4. The van der Waals surface area contributed by atoms with Crippen molar-refractivity contribution in [2.45, 2.75) is 26.0 Å². The van der Waals surface area contributed by atoms with Crippen molar-refractivity contribution < 1.29 is 9.63 Å². The predicted octanol–water partition coefficient (Wildman–Crippen LogP) is 0.701. The molecule has 1 amide bonds. The second kappa shape index (κ2) is 7.22. The molecule has 0 unspecified atom stereocenters. The summed E-state index contributed by atoms with van der Waals surface area (Å²) in [5.41, 5.74) is 3.42. The third kappa shape index (κ3) is 4.84. The van der Waals surface area contributed by atoms with Crippen LogP contribution in [0, 0.1) is 0 Å². The van der Waals surface area contributed by atoms with Crippen LogP contribution in [-0.2, 0) is 22.8 Å². The minimum Gasteiger partial charge on any atom is -0.273 e. The van der Waals surface area contributed by atoms with Gasteiger partial charge in [0.15, 0.2) is 6.33 Å². The van der Waals surface area contributed by atoms with Crippen LogP contribution < -0.4 is 5.48 Å². The maximum atomic E-state index is 11.5. The minimum atomic E-state index is -0.156. The molecule has 1 aromatic heterocycles. The molecule has 0 saturated carbocycles. The molecule has 0 fully saturated rings. The number of nitrogens with zero attached hydrogens (tertiary/aromatic N) is 4. The highest BCUT2D eigenvalue weighted by Gasteiger charge is 2.02. The number of aryl methyl sites for hydroxylation is 1. The fourth-order valence-electron chi connectivity index (χ4n) is 1.50. The Morgan fingerprint density at radius 3 is 2.89 bits per heavy atom. The topological polar surface area (TPSA) is 81.9 Å². The molecule has 7 heteroatoms. The van der Waals surface area contributed by atoms with E-state index in [1.54, 1.807) is 0 Å². The highest BCUT2D eigenvalue weighted by molar-refractivity contribution is 5.74. The summed E-state index contributed by atoms with van der Waals surface area (Å²) in [4.78, 5) is 18.0. The van der Waals surface area contributed by atoms with Crippen LogP contribution in [-0.4, -0.2) is 26.1 Å². The second-order valence-electron chi connectivity index (χ2n) is 3.93. The molecule has 1 aromatic carbocycles. The maximum Gasteiger partial charge on any atom is 0.243 e. The van der Waals surface area contributed by atoms with E-state index in [4.69, 9.17) is 4.84 Å². The molecule has 0 radical (unpaired) electrons. The minimum absolute atomic E-state index is 0.156. The van der Waals surface area contributed by atoms with Crippen LogP contribution in [0.4, 0.5) is 0 Å². The summed E-state index contributed by atoms with van der Waals surface area (Å²) >= 11 is 0. The Kier molecular flexibility index (Phi) is 5.00. The number of nitrogens with one attached hydrogen (secondary N) is 1. The van der Waals surface area contributed by atoms with Crippen LogP contribution in [0.1, 0.15) is 18.4 Å². The number of amides is 1. The Hall–Kier alpha value is -2.28. The van der Waals surface area contributed by atoms with Crippen molar-refractivity contribution in [2.75, 3.05) is 0 Å². The molecule has 0 saturated heterocycles. The Balaban J connectivity index is 1.57. The lowest BCUT2D eigenvalue weighted by atomic mass is 10.2. The van der Waals surface area contributed by atoms with Crippen LogP contribution in [0.3, 0.4) is 0 Å². The average molecular weight is 261 g/mol. The zero-order valence-corrected chi connectivity index (χ0v) is 10.4. The first-order valence-corrected chi connectivity index (χ1v) is 6.00. The molecule has 7 nitrogen and oxygen atoms in total. The van der Waals surface area contributed by atoms with Gasteiger partial charge < -0.3 is 0 Å². The van der Waals surface area contributed by atoms with Crippen molar-refractivity contribution in [3.05, 3.63) is 42.2 Å². The summed E-state index contributed by atoms with van der Waals surface area (Å²) in [6, 6.07) is 9.64. The smallest absolute Gasteiger partial charge is 0.243 e. The van der Waals surface area contributed by atoms with Crippen molar-refractivity contribution in [1.29, 1.82) is 0 Å². The largest absolute Gasteiger partial charge is 0.273 e. The number of rotatable bonds is 7. The van der Waals surface area contributed by atoms with Crippen LogP contribution in [0.2, 0.25) is 0 Å². The molecular formula is C12H15N5O2. The van der Waals surface area contributed by atoms with Gasteiger partial charge in [-0.3, -0.25) is 9.63 Å². The molecule has 1 heterocycles. The van der Waals surface area contributed by atoms with Crippen molar-refractivity contribution in [1.82, 2.24) is 25.7 Å². The van der Waals surface area contributed by atoms with Gasteiger partial charge in [0.1, 0.15) is 0 Å². The molecule has 0 atom stereocenters. The van der Waals surface area contributed by atoms with Gasteiger partial charge in [0.05, 0.1) is 13.2 Å². The van der Waals surface area contributed by atoms with Crippen LogP contribution >= 0.6 is 0 Å². The molecule has 2 rings (SSSR count). The molecule has 2 aromatic rings. The van der Waals surface area contributed by atoms with Gasteiger partial charge in [0.25, 0.3) is 0 Å². The third-order valence-electron chi connectivity index (χ3n) is 2.42. The summed E-state index contributed by atoms with van der Waals surface area (Å²) in [5.74, 6) is -0.156. The van der Waals surface area contributed by atoms with Gasteiger partial charge in [-0.05, 0) is 17.2 Å². The summed E-state index contributed by atoms with van der Waals surface area (Å²) in [5, 5.41) is 11.1. The fraction of sp³-hybridized carbons (Fsp3) is 0.333. The number of benzene rings is 1. The van der Waals surface area contributed by atoms with Crippen molar-refractivity contribution in [3.8, 4) is 0 Å². The Bertz CT molecular complexity index is 486. The summed E-state index contributed by atoms with van der Waals surface area (Å²) < 4.78 is 0. The quantitative estimate of drug-likeness (QED) is 0.742. The lowest BCUT2D eigenvalue weighted by Gasteiger charge is -2.05. The predicted molar refractivity (Wildman–Crippen MR) is 66.4 cm³/mol. The van der Waals surface area contributed by atoms with Crippen LogP contribution in [0.25, 0.3) is 0 Å². The number of carbonyl (C=O) groups excluding carboxylic acids is 1. The Labute approximate surface area is 110 Å². The van der Waals surface area contributed by atoms with E-state index < -0.39 is 0 Å². The van der Waals surface area contributed by atoms with Crippen LogP contribution in [0.15, 0.2) is 36.7 Å². The molecule has 0 aliphatic heterocycles. The van der Waals surface area contributed by atoms with Crippen LogP contribution in [0.5, 0.6) is 0 Å². The normalized spacial score (nSPS) is 10.3. The Morgan fingerprint density at radius 1 is 1.32 bits per heavy atom. The molecular weight excluding hydrogens is 246 g/mol. The van der Waals surface area contributed by atoms with Crippen molar-refractivity contribution in [3.63, 3.8) is 0 Å². The number of hydrogen-bond donors (Lipinski definition) is 1. The molecule has 0 bridgehead atoms. The number of carbonyl (C=O) groups is 1. The second-order valence-corrected chi connectivity index (χ2v) is 3.93. The van der Waals surface area contributed by atoms with E-state index in [-0.39, 0.29) is 5.91 Å². The van der Waals surface area contributed by atoms with Gasteiger partial charge in [-0.2, -0.15) is 4.80 Å². The maximum absolute atomic E-state index is 11.5. The summed E-state index contributed by atoms with van der Waals surface area (Å²) in [6.45, 7) is 0.920. The number of aromatic nitrogens is 4. The van der Waals surface area contributed by atoms with Gasteiger partial charge in [0.2, 0.25) is 5.91 Å². The highest BCUT2D eigenvalue weighted by Crippen LogP contribution is 1.99. The monoisotopic (exact) mass is 261 g/mol.